The Morgan fingerprint density at radius 2 is 0.908 bits per heavy atom. The van der Waals surface area contributed by atoms with E-state index in [4.69, 9.17) is 0 Å². The minimum atomic E-state index is 0.423. The SMILES string of the molecule is C1=CC2Sc3c(-c4ccc(N(c5ccc(-c6cccc7c6ccc6c(-c8ccccc8)c(-c8ccccc8)n(-c8ccccc8)c67)cc5)c5ccc(-c6cccc7c6sc6ccccc67)cc5)cc4)cccc3C2C=C1. The molecule has 2 nitrogen and oxygen atoms in total. The quantitative estimate of drug-likeness (QED) is 0.142. The van der Waals surface area contributed by atoms with Crippen LogP contribution in [0.15, 0.2) is 284 Å². The molecule has 0 saturated heterocycles. The number of benzene rings is 11. The standard InChI is InChI=1S/C72H48N2S2/c1-4-17-50(18-5-1)68-65-46-45-59-56(25-14-28-62(59)70(65)74(52-21-8-3-9-22-52)69(68)51-19-6-2-7-20-51)47-33-39-53(40-34-47)73(54-41-35-48(36-42-54)57-26-15-29-63-60-23-10-12-31-66(60)75-71(57)63)55-43-37-49(38-44-55)58-27-16-30-64-61-24-11-13-32-67(61)76-72(58)64/h1-46,60,66H. The first-order valence-electron chi connectivity index (χ1n) is 26.1. The molecular formula is C72H48N2S2. The van der Waals surface area contributed by atoms with Gasteiger partial charge in [-0.05, 0) is 110 Å². The number of thiophene rings is 1. The van der Waals surface area contributed by atoms with Crippen LogP contribution in [0.1, 0.15) is 11.5 Å². The van der Waals surface area contributed by atoms with Crippen molar-refractivity contribution in [3.8, 4) is 61.5 Å². The van der Waals surface area contributed by atoms with Gasteiger partial charge >= 0.3 is 0 Å². The summed E-state index contributed by atoms with van der Waals surface area (Å²) >= 11 is 3.88. The van der Waals surface area contributed by atoms with Gasteiger partial charge in [-0.25, -0.2) is 0 Å². The van der Waals surface area contributed by atoms with Crippen LogP contribution in [0.2, 0.25) is 0 Å². The fourth-order valence-corrected chi connectivity index (χ4v) is 14.8. The molecule has 2 aromatic heterocycles. The average Bonchev–Trinajstić information content (AvgIpc) is 4.28. The van der Waals surface area contributed by atoms with E-state index in [2.05, 4.69) is 289 Å². The van der Waals surface area contributed by atoms with Crippen molar-refractivity contribution in [1.82, 2.24) is 4.57 Å². The molecule has 0 spiro atoms. The number of rotatable bonds is 9. The number of thioether (sulfide) groups is 1. The smallest absolute Gasteiger partial charge is 0.0620 e. The first-order chi connectivity index (χ1) is 37.7. The summed E-state index contributed by atoms with van der Waals surface area (Å²) in [6.07, 6.45) is 9.11. The van der Waals surface area contributed by atoms with Gasteiger partial charge < -0.3 is 9.47 Å². The number of nitrogens with zero attached hydrogens (tertiary/aromatic N) is 2. The Balaban J connectivity index is 0.852. The molecule has 0 bridgehead atoms. The first kappa shape index (κ1) is 44.5. The van der Waals surface area contributed by atoms with Crippen LogP contribution in [0, 0.1) is 0 Å². The topological polar surface area (TPSA) is 8.17 Å². The lowest BCUT2D eigenvalue weighted by molar-refractivity contribution is 0.881. The van der Waals surface area contributed by atoms with Gasteiger partial charge in [-0.3, -0.25) is 0 Å². The van der Waals surface area contributed by atoms with Gasteiger partial charge in [0.25, 0.3) is 0 Å². The van der Waals surface area contributed by atoms with E-state index < -0.39 is 0 Å². The molecule has 0 saturated carbocycles. The number of hydrogen-bond donors (Lipinski definition) is 0. The van der Waals surface area contributed by atoms with Crippen molar-refractivity contribution in [3.05, 3.63) is 285 Å². The van der Waals surface area contributed by atoms with Crippen LogP contribution in [0.3, 0.4) is 0 Å². The second-order valence-electron chi connectivity index (χ2n) is 19.8. The van der Waals surface area contributed by atoms with E-state index in [1.54, 1.807) is 0 Å². The van der Waals surface area contributed by atoms with Gasteiger partial charge in [0.05, 0.1) is 11.2 Å². The molecule has 15 rings (SSSR count). The predicted molar refractivity (Wildman–Crippen MR) is 326 cm³/mol. The zero-order chi connectivity index (χ0) is 50.1. The summed E-state index contributed by atoms with van der Waals surface area (Å²) in [6, 6.07) is 94.0. The van der Waals surface area contributed by atoms with Gasteiger partial charge in [0, 0.05) is 75.3 Å². The Morgan fingerprint density at radius 3 is 1.62 bits per heavy atom. The van der Waals surface area contributed by atoms with E-state index in [1.165, 1.54) is 108 Å². The molecule has 11 aromatic carbocycles. The molecule has 2 atom stereocenters. The molecule has 0 N–H and O–H groups in total. The van der Waals surface area contributed by atoms with Crippen LogP contribution in [-0.2, 0) is 0 Å². The molecule has 2 aliphatic rings. The maximum absolute atomic E-state index is 2.49. The molecule has 1 aliphatic heterocycles. The Labute approximate surface area is 450 Å². The fourth-order valence-electron chi connectivity index (χ4n) is 12.1. The zero-order valence-corrected chi connectivity index (χ0v) is 43.1. The van der Waals surface area contributed by atoms with Gasteiger partial charge in [-0.15, -0.1) is 23.1 Å². The predicted octanol–water partition coefficient (Wildman–Crippen LogP) is 20.6. The summed E-state index contributed by atoms with van der Waals surface area (Å²) < 4.78 is 5.13. The third-order valence-corrected chi connectivity index (χ3v) is 18.2. The minimum Gasteiger partial charge on any atom is -0.311 e. The van der Waals surface area contributed by atoms with Crippen LogP contribution in [0.25, 0.3) is 103 Å². The van der Waals surface area contributed by atoms with E-state index in [9.17, 15) is 0 Å². The van der Waals surface area contributed by atoms with E-state index in [-0.39, 0.29) is 0 Å². The van der Waals surface area contributed by atoms with Crippen molar-refractivity contribution >= 4 is 82.0 Å². The fraction of sp³-hybridized carbons (Fsp3) is 0.0278. The molecule has 76 heavy (non-hydrogen) atoms. The van der Waals surface area contributed by atoms with Crippen LogP contribution in [-0.4, -0.2) is 9.82 Å². The molecule has 0 fully saturated rings. The monoisotopic (exact) mass is 1000 g/mol. The Morgan fingerprint density at radius 1 is 0.368 bits per heavy atom. The van der Waals surface area contributed by atoms with Crippen molar-refractivity contribution in [2.75, 3.05) is 4.90 Å². The first-order valence-corrected chi connectivity index (χ1v) is 27.8. The lowest BCUT2D eigenvalue weighted by Gasteiger charge is -2.26. The number of para-hydroxylation sites is 1. The summed E-state index contributed by atoms with van der Waals surface area (Å²) in [4.78, 5) is 3.80. The molecule has 13 aromatic rings. The van der Waals surface area contributed by atoms with Gasteiger partial charge in [-0.2, -0.15) is 0 Å². The lowest BCUT2D eigenvalue weighted by atomic mass is 9.90. The largest absolute Gasteiger partial charge is 0.311 e. The van der Waals surface area contributed by atoms with Crippen LogP contribution >= 0.6 is 23.1 Å². The number of hydrogen-bond acceptors (Lipinski definition) is 3. The van der Waals surface area contributed by atoms with E-state index in [0.29, 0.717) is 11.2 Å². The molecule has 0 radical (unpaired) electrons. The molecule has 358 valence electrons. The third-order valence-electron chi connectivity index (χ3n) is 15.6. The molecule has 1 aliphatic carbocycles. The Hall–Kier alpha value is -8.93. The minimum absolute atomic E-state index is 0.423. The second-order valence-corrected chi connectivity index (χ2v) is 22.1. The van der Waals surface area contributed by atoms with Gasteiger partial charge in [0.15, 0.2) is 0 Å². The van der Waals surface area contributed by atoms with Gasteiger partial charge in [-0.1, -0.05) is 224 Å². The van der Waals surface area contributed by atoms with Crippen LogP contribution < -0.4 is 4.90 Å². The van der Waals surface area contributed by atoms with E-state index in [1.807, 2.05) is 23.1 Å². The molecule has 0 amide bonds. The molecule has 2 unspecified atom stereocenters. The second kappa shape index (κ2) is 18.5. The number of allylic oxidation sites excluding steroid dienone is 3. The molecular weight excluding hydrogens is 957 g/mol. The summed E-state index contributed by atoms with van der Waals surface area (Å²) in [5.74, 6) is 0.423. The molecule has 3 heterocycles. The summed E-state index contributed by atoms with van der Waals surface area (Å²) in [5.41, 5.74) is 19.2. The highest BCUT2D eigenvalue weighted by Gasteiger charge is 2.33. The van der Waals surface area contributed by atoms with Crippen molar-refractivity contribution < 1.29 is 0 Å². The van der Waals surface area contributed by atoms with Gasteiger partial charge in [0.2, 0.25) is 0 Å². The van der Waals surface area contributed by atoms with Crippen molar-refractivity contribution in [2.24, 2.45) is 0 Å². The highest BCUT2D eigenvalue weighted by atomic mass is 32.2. The number of aromatic nitrogens is 1. The van der Waals surface area contributed by atoms with E-state index in [0.717, 1.165) is 22.7 Å². The zero-order valence-electron chi connectivity index (χ0n) is 41.4. The number of anilines is 3. The highest BCUT2D eigenvalue weighted by Crippen LogP contribution is 2.52. The molecule has 4 heteroatoms. The maximum atomic E-state index is 2.49. The highest BCUT2D eigenvalue weighted by molar-refractivity contribution is 8.00. The third kappa shape index (κ3) is 7.39. The van der Waals surface area contributed by atoms with Crippen molar-refractivity contribution in [2.45, 2.75) is 16.1 Å². The van der Waals surface area contributed by atoms with Gasteiger partial charge in [0.1, 0.15) is 0 Å². The summed E-state index contributed by atoms with van der Waals surface area (Å²) in [5, 5.41) is 6.73. The summed E-state index contributed by atoms with van der Waals surface area (Å²) in [7, 11) is 0. The van der Waals surface area contributed by atoms with Crippen LogP contribution in [0.5, 0.6) is 0 Å². The van der Waals surface area contributed by atoms with E-state index >= 15 is 0 Å². The van der Waals surface area contributed by atoms with Crippen LogP contribution in [0.4, 0.5) is 17.1 Å². The van der Waals surface area contributed by atoms with Crippen molar-refractivity contribution in [1.29, 1.82) is 0 Å². The number of fused-ring (bicyclic) bond motifs is 9. The average molecular weight is 1010 g/mol. The lowest BCUT2D eigenvalue weighted by Crippen LogP contribution is -2.09. The Bertz CT molecular complexity index is 4400. The Kier molecular flexibility index (Phi) is 10.8. The van der Waals surface area contributed by atoms with Crippen molar-refractivity contribution in [3.63, 3.8) is 0 Å². The summed E-state index contributed by atoms with van der Waals surface area (Å²) in [6.45, 7) is 0. The maximum Gasteiger partial charge on any atom is 0.0620 e. The normalized spacial score (nSPS) is 14.7.